The molecular weight excluding hydrogens is 436 g/mol. The van der Waals surface area contributed by atoms with Crippen molar-refractivity contribution < 1.29 is 9.59 Å². The van der Waals surface area contributed by atoms with Gasteiger partial charge in [0.2, 0.25) is 5.91 Å². The third-order valence-electron chi connectivity index (χ3n) is 7.33. The number of fused-ring (bicyclic) bond motifs is 1. The number of hydrogen-bond donors (Lipinski definition) is 2. The van der Waals surface area contributed by atoms with Crippen molar-refractivity contribution in [3.8, 4) is 6.07 Å². The van der Waals surface area contributed by atoms with Crippen LogP contribution >= 0.6 is 0 Å². The Labute approximate surface area is 208 Å². The summed E-state index contributed by atoms with van der Waals surface area (Å²) in [5, 5.41) is 15.4. The van der Waals surface area contributed by atoms with Crippen LogP contribution in [-0.4, -0.2) is 35.3 Å². The molecule has 4 rings (SSSR count). The number of hydrogen-bond acceptors (Lipinski definition) is 4. The first-order chi connectivity index (χ1) is 16.9. The van der Waals surface area contributed by atoms with Crippen molar-refractivity contribution in [2.24, 2.45) is 0 Å². The lowest BCUT2D eigenvalue weighted by molar-refractivity contribution is -0.118. The fourth-order valence-corrected chi connectivity index (χ4v) is 5.35. The molecule has 1 heterocycles. The minimum Gasteiger partial charge on any atom is -0.347 e. The van der Waals surface area contributed by atoms with Gasteiger partial charge in [-0.25, -0.2) is 0 Å². The van der Waals surface area contributed by atoms with Gasteiger partial charge in [-0.2, -0.15) is 5.26 Å². The molecule has 0 saturated heterocycles. The van der Waals surface area contributed by atoms with Crippen LogP contribution in [0.1, 0.15) is 67.7 Å². The van der Waals surface area contributed by atoms with E-state index in [4.69, 9.17) is 0 Å². The summed E-state index contributed by atoms with van der Waals surface area (Å²) >= 11 is 0. The van der Waals surface area contributed by atoms with Gasteiger partial charge in [-0.15, -0.1) is 0 Å². The lowest BCUT2D eigenvalue weighted by atomic mass is 9.78. The maximum atomic E-state index is 13.3. The van der Waals surface area contributed by atoms with Crippen LogP contribution < -0.4 is 10.6 Å². The zero-order valence-electron chi connectivity index (χ0n) is 20.5. The van der Waals surface area contributed by atoms with E-state index in [0.29, 0.717) is 22.4 Å². The van der Waals surface area contributed by atoms with Gasteiger partial charge in [-0.3, -0.25) is 14.5 Å². The minimum absolute atomic E-state index is 0.144. The van der Waals surface area contributed by atoms with Gasteiger partial charge in [0.1, 0.15) is 0 Å². The number of anilines is 1. The topological polar surface area (TPSA) is 85.2 Å². The van der Waals surface area contributed by atoms with E-state index in [0.717, 1.165) is 58.2 Å². The van der Waals surface area contributed by atoms with Crippen molar-refractivity contribution in [1.82, 2.24) is 10.2 Å². The highest BCUT2D eigenvalue weighted by atomic mass is 16.2. The third kappa shape index (κ3) is 6.17. The number of nitrogens with one attached hydrogen (secondary N) is 2. The molecule has 2 aliphatic rings. The van der Waals surface area contributed by atoms with Gasteiger partial charge in [0, 0.05) is 43.4 Å². The fourth-order valence-electron chi connectivity index (χ4n) is 5.35. The number of amides is 2. The maximum absolute atomic E-state index is 13.3. The van der Waals surface area contributed by atoms with Gasteiger partial charge in [0.25, 0.3) is 5.91 Å². The predicted octanol–water partition coefficient (Wildman–Crippen LogP) is 4.80. The van der Waals surface area contributed by atoms with Crippen molar-refractivity contribution >= 4 is 23.1 Å². The highest BCUT2D eigenvalue weighted by Gasteiger charge is 2.34. The van der Waals surface area contributed by atoms with Crippen LogP contribution in [0.3, 0.4) is 0 Å². The Kier molecular flexibility index (Phi) is 7.67. The average Bonchev–Trinajstić information content (AvgIpc) is 2.87. The predicted molar refractivity (Wildman–Crippen MR) is 138 cm³/mol. The van der Waals surface area contributed by atoms with Gasteiger partial charge in [0.15, 0.2) is 0 Å². The second-order valence-corrected chi connectivity index (χ2v) is 9.91. The van der Waals surface area contributed by atoms with E-state index in [1.54, 1.807) is 12.1 Å². The van der Waals surface area contributed by atoms with Gasteiger partial charge >= 0.3 is 0 Å². The first-order valence-corrected chi connectivity index (χ1v) is 12.5. The van der Waals surface area contributed by atoms with Crippen LogP contribution in [0.5, 0.6) is 0 Å². The molecule has 6 nitrogen and oxygen atoms in total. The molecule has 35 heavy (non-hydrogen) atoms. The van der Waals surface area contributed by atoms with Crippen molar-refractivity contribution in [2.75, 3.05) is 18.4 Å². The van der Waals surface area contributed by atoms with E-state index < -0.39 is 0 Å². The summed E-state index contributed by atoms with van der Waals surface area (Å²) in [7, 11) is 0. The van der Waals surface area contributed by atoms with Crippen LogP contribution in [0.15, 0.2) is 49.0 Å². The van der Waals surface area contributed by atoms with Gasteiger partial charge in [-0.1, -0.05) is 44.0 Å². The molecule has 0 spiro atoms. The molecule has 0 aromatic heterocycles. The Morgan fingerprint density at radius 1 is 1.11 bits per heavy atom. The minimum atomic E-state index is -0.234. The van der Waals surface area contributed by atoms with Crippen molar-refractivity contribution in [3.63, 3.8) is 0 Å². The lowest BCUT2D eigenvalue weighted by Crippen LogP contribution is -2.51. The summed E-state index contributed by atoms with van der Waals surface area (Å²) in [4.78, 5) is 27.1. The molecule has 0 radical (unpaired) electrons. The van der Waals surface area contributed by atoms with Crippen LogP contribution in [0.4, 0.5) is 5.69 Å². The molecule has 2 amide bonds. The number of benzene rings is 2. The van der Waals surface area contributed by atoms with Crippen LogP contribution in [0, 0.1) is 11.3 Å². The molecule has 0 bridgehead atoms. The highest BCUT2D eigenvalue weighted by molar-refractivity contribution is 6.19. The van der Waals surface area contributed by atoms with Crippen molar-refractivity contribution in [2.45, 2.75) is 64.0 Å². The summed E-state index contributed by atoms with van der Waals surface area (Å²) in [6, 6.07) is 15.5. The summed E-state index contributed by atoms with van der Waals surface area (Å²) in [6.45, 7) is 8.27. The average molecular weight is 471 g/mol. The summed E-state index contributed by atoms with van der Waals surface area (Å²) in [5.74, 6) is -0.294. The molecule has 2 N–H and O–H groups in total. The molecule has 2 aromatic carbocycles. The second kappa shape index (κ2) is 10.9. The van der Waals surface area contributed by atoms with Crippen LogP contribution in [0.25, 0.3) is 5.57 Å². The molecular formula is C29H34N4O2. The Bertz CT molecular complexity index is 1160. The van der Waals surface area contributed by atoms with Crippen LogP contribution in [0.2, 0.25) is 0 Å². The largest absolute Gasteiger partial charge is 0.347 e. The number of carbonyl (C=O) groups excluding carboxylic acids is 2. The third-order valence-corrected chi connectivity index (χ3v) is 7.33. The first-order valence-electron chi connectivity index (χ1n) is 12.5. The molecule has 6 heteroatoms. The molecule has 0 atom stereocenters. The van der Waals surface area contributed by atoms with Gasteiger partial charge in [-0.05, 0) is 66.6 Å². The Balaban J connectivity index is 1.42. The molecule has 1 aliphatic heterocycles. The fraction of sp³-hybridized carbons (Fsp3) is 0.414. The zero-order chi connectivity index (χ0) is 24.8. The molecule has 182 valence electrons. The Hall–Kier alpha value is -3.43. The SMILES string of the molecule is C=C(C(=O)NC1(CCN2CCc3ccc(C#N)cc3C2)CCCCC1)c1cccc(NC(C)=O)c1. The van der Waals surface area contributed by atoms with E-state index in [9.17, 15) is 14.9 Å². The number of carbonyl (C=O) groups is 2. The maximum Gasteiger partial charge on any atom is 0.251 e. The highest BCUT2D eigenvalue weighted by Crippen LogP contribution is 2.33. The molecule has 1 aliphatic carbocycles. The number of nitrogens with zero attached hydrogens (tertiary/aromatic N) is 2. The molecule has 1 saturated carbocycles. The summed E-state index contributed by atoms with van der Waals surface area (Å²) in [5.41, 5.74) is 4.83. The molecule has 0 unspecified atom stereocenters. The number of rotatable bonds is 7. The van der Waals surface area contributed by atoms with Crippen molar-refractivity contribution in [3.05, 3.63) is 71.3 Å². The summed E-state index contributed by atoms with van der Waals surface area (Å²) < 4.78 is 0. The van der Waals surface area contributed by atoms with Gasteiger partial charge < -0.3 is 10.6 Å². The van der Waals surface area contributed by atoms with E-state index in [1.165, 1.54) is 24.5 Å². The Morgan fingerprint density at radius 2 is 1.91 bits per heavy atom. The second-order valence-electron chi connectivity index (χ2n) is 9.91. The monoisotopic (exact) mass is 470 g/mol. The standard InChI is InChI=1S/C29H34N4O2/c1-21(25-7-6-8-27(18-25)31-22(2)34)28(35)32-29(12-4-3-5-13-29)14-16-33-15-11-24-10-9-23(19-30)17-26(24)20-33/h6-10,17-18H,1,3-5,11-16,20H2,2H3,(H,31,34)(H,32,35). The van der Waals surface area contributed by atoms with E-state index >= 15 is 0 Å². The number of nitriles is 1. The molecule has 2 aromatic rings. The zero-order valence-corrected chi connectivity index (χ0v) is 20.5. The molecule has 1 fully saturated rings. The van der Waals surface area contributed by atoms with E-state index in [-0.39, 0.29) is 17.4 Å². The lowest BCUT2D eigenvalue weighted by Gasteiger charge is -2.40. The quantitative estimate of drug-likeness (QED) is 0.570. The Morgan fingerprint density at radius 3 is 2.66 bits per heavy atom. The van der Waals surface area contributed by atoms with E-state index in [1.807, 2.05) is 24.3 Å². The normalized spacial score (nSPS) is 17.0. The summed E-state index contributed by atoms with van der Waals surface area (Å²) in [6.07, 6.45) is 7.25. The smallest absolute Gasteiger partial charge is 0.251 e. The van der Waals surface area contributed by atoms with E-state index in [2.05, 4.69) is 34.2 Å². The van der Waals surface area contributed by atoms with Crippen LogP contribution in [-0.2, 0) is 22.6 Å². The first kappa shape index (κ1) is 24.7. The van der Waals surface area contributed by atoms with Gasteiger partial charge in [0.05, 0.1) is 11.6 Å². The van der Waals surface area contributed by atoms with Crippen molar-refractivity contribution in [1.29, 1.82) is 5.26 Å².